The van der Waals surface area contributed by atoms with Crippen LogP contribution in [0, 0.1) is 18.3 Å². The molecular weight excluding hydrogens is 218 g/mol. The third-order valence-electron chi connectivity index (χ3n) is 4.13. The summed E-state index contributed by atoms with van der Waals surface area (Å²) in [6.45, 7) is 0.631. The summed E-state index contributed by atoms with van der Waals surface area (Å²) in [5, 5.41) is 10.5. The number of nitrogens with zero attached hydrogens (tertiary/aromatic N) is 1. The number of amides is 1. The van der Waals surface area contributed by atoms with Crippen LogP contribution in [0.2, 0.25) is 0 Å². The van der Waals surface area contributed by atoms with Crippen molar-refractivity contribution < 1.29 is 14.6 Å². The fraction of sp³-hybridized carbons (Fsp3) is 0.769. The molecule has 0 aromatic carbocycles. The molecule has 4 nitrogen and oxygen atoms in total. The van der Waals surface area contributed by atoms with Crippen molar-refractivity contribution in [3.63, 3.8) is 0 Å². The van der Waals surface area contributed by atoms with Crippen molar-refractivity contribution >= 4 is 6.09 Å². The maximum Gasteiger partial charge on any atom is 0.409 e. The van der Waals surface area contributed by atoms with Crippen LogP contribution in [0.5, 0.6) is 0 Å². The fourth-order valence-electron chi connectivity index (χ4n) is 3.22. The summed E-state index contributed by atoms with van der Waals surface area (Å²) >= 11 is 0. The van der Waals surface area contributed by atoms with Crippen LogP contribution in [0.3, 0.4) is 0 Å². The van der Waals surface area contributed by atoms with E-state index in [1.165, 1.54) is 7.11 Å². The van der Waals surface area contributed by atoms with E-state index in [0.717, 1.165) is 25.7 Å². The lowest BCUT2D eigenvalue weighted by molar-refractivity contribution is 0.0198. The summed E-state index contributed by atoms with van der Waals surface area (Å²) in [7, 11) is 1.39. The van der Waals surface area contributed by atoms with Crippen molar-refractivity contribution in [2.24, 2.45) is 5.92 Å². The van der Waals surface area contributed by atoms with E-state index in [2.05, 4.69) is 5.92 Å². The van der Waals surface area contributed by atoms with Crippen molar-refractivity contribution in [2.75, 3.05) is 13.7 Å². The number of likely N-dealkylation sites (tertiary alicyclic amines) is 1. The molecule has 1 amide bonds. The number of carbonyl (C=O) groups excluding carboxylic acids is 1. The molecule has 0 radical (unpaired) electrons. The number of hydrogen-bond donors (Lipinski definition) is 1. The normalized spacial score (nSPS) is 36.9. The second-order valence-electron chi connectivity index (χ2n) is 4.94. The second-order valence-corrected chi connectivity index (χ2v) is 4.94. The van der Waals surface area contributed by atoms with Gasteiger partial charge in [-0.25, -0.2) is 4.79 Å². The van der Waals surface area contributed by atoms with Crippen molar-refractivity contribution in [1.82, 2.24) is 4.90 Å². The molecule has 0 aromatic heterocycles. The molecule has 2 fully saturated rings. The quantitative estimate of drug-likeness (QED) is 0.648. The number of fused-ring (bicyclic) bond motifs is 1. The number of methoxy groups -OCH3 is 1. The molecule has 0 spiro atoms. The molecule has 1 saturated heterocycles. The number of carbonyl (C=O) groups is 1. The van der Waals surface area contributed by atoms with Crippen molar-refractivity contribution in [3.8, 4) is 12.3 Å². The van der Waals surface area contributed by atoms with Gasteiger partial charge in [0, 0.05) is 18.5 Å². The Morgan fingerprint density at radius 1 is 1.53 bits per heavy atom. The molecule has 2 aliphatic rings. The molecule has 94 valence electrons. The third-order valence-corrected chi connectivity index (χ3v) is 4.13. The zero-order valence-electron chi connectivity index (χ0n) is 10.2. The Bertz CT molecular complexity index is 349. The Morgan fingerprint density at radius 2 is 2.29 bits per heavy atom. The lowest BCUT2D eigenvalue weighted by Gasteiger charge is -2.32. The third kappa shape index (κ3) is 2.00. The molecular formula is C13H19NO3. The van der Waals surface area contributed by atoms with E-state index in [9.17, 15) is 9.90 Å². The number of ether oxygens (including phenoxy) is 1. The standard InChI is InChI=1S/C13H19NO3/c1-3-13(16)8-5-4-6-11-10(13)7-9-14(11)12(15)17-2/h1,10-11,16H,4-9H2,2H3/t10-,11+,13-/m0/s1. The van der Waals surface area contributed by atoms with Crippen LogP contribution in [0.25, 0.3) is 0 Å². The molecule has 1 aliphatic heterocycles. The average Bonchev–Trinajstić information content (AvgIpc) is 2.71. The fourth-order valence-corrected chi connectivity index (χ4v) is 3.22. The van der Waals surface area contributed by atoms with E-state index in [1.54, 1.807) is 4.90 Å². The van der Waals surface area contributed by atoms with Gasteiger partial charge in [0.15, 0.2) is 0 Å². The van der Waals surface area contributed by atoms with Crippen LogP contribution >= 0.6 is 0 Å². The molecule has 2 rings (SSSR count). The highest BCUT2D eigenvalue weighted by Crippen LogP contribution is 2.41. The van der Waals surface area contributed by atoms with Crippen molar-refractivity contribution in [1.29, 1.82) is 0 Å². The highest BCUT2D eigenvalue weighted by atomic mass is 16.5. The molecule has 0 bridgehead atoms. The van der Waals surface area contributed by atoms with E-state index in [1.807, 2.05) is 0 Å². The van der Waals surface area contributed by atoms with Crippen LogP contribution in [0.1, 0.15) is 32.1 Å². The Hall–Kier alpha value is -1.21. The minimum Gasteiger partial charge on any atom is -0.453 e. The number of hydrogen-bond acceptors (Lipinski definition) is 3. The first-order chi connectivity index (χ1) is 8.12. The molecule has 17 heavy (non-hydrogen) atoms. The molecule has 1 aliphatic carbocycles. The first-order valence-electron chi connectivity index (χ1n) is 6.17. The summed E-state index contributed by atoms with van der Waals surface area (Å²) in [5.74, 6) is 2.54. The van der Waals surface area contributed by atoms with Gasteiger partial charge in [-0.05, 0) is 25.7 Å². The highest BCUT2D eigenvalue weighted by Gasteiger charge is 2.48. The SMILES string of the molecule is C#C[C@]1(O)CCCC[C@@H]2[C@@H]1CCN2C(=O)OC. The maximum atomic E-state index is 11.7. The minimum absolute atomic E-state index is 0.00546. The number of aliphatic hydroxyl groups is 1. The Balaban J connectivity index is 2.23. The molecule has 4 heteroatoms. The molecule has 0 aromatic rings. The van der Waals surface area contributed by atoms with Gasteiger partial charge in [-0.1, -0.05) is 12.3 Å². The number of terminal acetylenes is 1. The highest BCUT2D eigenvalue weighted by molar-refractivity contribution is 5.68. The summed E-state index contributed by atoms with van der Waals surface area (Å²) in [6.07, 6.45) is 9.40. The summed E-state index contributed by atoms with van der Waals surface area (Å²) in [5.41, 5.74) is -1.05. The van der Waals surface area contributed by atoms with Gasteiger partial charge in [-0.15, -0.1) is 6.42 Å². The maximum absolute atomic E-state index is 11.7. The monoisotopic (exact) mass is 237 g/mol. The van der Waals surface area contributed by atoms with Gasteiger partial charge >= 0.3 is 6.09 Å². The van der Waals surface area contributed by atoms with E-state index < -0.39 is 5.60 Å². The van der Waals surface area contributed by atoms with Crippen LogP contribution in [0.4, 0.5) is 4.79 Å². The Morgan fingerprint density at radius 3 is 2.94 bits per heavy atom. The average molecular weight is 237 g/mol. The molecule has 1 heterocycles. The van der Waals surface area contributed by atoms with Crippen LogP contribution in [0.15, 0.2) is 0 Å². The van der Waals surface area contributed by atoms with Gasteiger partial charge in [-0.2, -0.15) is 0 Å². The van der Waals surface area contributed by atoms with E-state index in [-0.39, 0.29) is 18.1 Å². The van der Waals surface area contributed by atoms with Gasteiger partial charge in [0.1, 0.15) is 5.60 Å². The molecule has 3 atom stereocenters. The summed E-state index contributed by atoms with van der Waals surface area (Å²) in [4.78, 5) is 13.4. The largest absolute Gasteiger partial charge is 0.453 e. The van der Waals surface area contributed by atoms with E-state index >= 15 is 0 Å². The Kier molecular flexibility index (Phi) is 3.30. The summed E-state index contributed by atoms with van der Waals surface area (Å²) < 4.78 is 4.78. The van der Waals surface area contributed by atoms with E-state index in [4.69, 9.17) is 11.2 Å². The lowest BCUT2D eigenvalue weighted by Crippen LogP contribution is -2.44. The molecule has 1 N–H and O–H groups in total. The predicted octanol–water partition coefficient (Wildman–Crippen LogP) is 1.38. The first kappa shape index (κ1) is 12.3. The zero-order chi connectivity index (χ0) is 12.5. The topological polar surface area (TPSA) is 49.8 Å². The van der Waals surface area contributed by atoms with Gasteiger partial charge in [0.05, 0.1) is 7.11 Å². The van der Waals surface area contributed by atoms with Crippen molar-refractivity contribution in [2.45, 2.75) is 43.7 Å². The van der Waals surface area contributed by atoms with Gasteiger partial charge in [0.2, 0.25) is 0 Å². The minimum atomic E-state index is -1.05. The molecule has 1 saturated carbocycles. The first-order valence-corrected chi connectivity index (χ1v) is 6.17. The van der Waals surface area contributed by atoms with Gasteiger partial charge < -0.3 is 14.7 Å². The molecule has 0 unspecified atom stereocenters. The van der Waals surface area contributed by atoms with Crippen LogP contribution < -0.4 is 0 Å². The van der Waals surface area contributed by atoms with E-state index in [0.29, 0.717) is 13.0 Å². The van der Waals surface area contributed by atoms with Crippen LogP contribution in [-0.2, 0) is 4.74 Å². The Labute approximate surface area is 102 Å². The number of rotatable bonds is 0. The van der Waals surface area contributed by atoms with Gasteiger partial charge in [0.25, 0.3) is 0 Å². The van der Waals surface area contributed by atoms with Gasteiger partial charge in [-0.3, -0.25) is 0 Å². The van der Waals surface area contributed by atoms with Crippen molar-refractivity contribution in [3.05, 3.63) is 0 Å². The smallest absolute Gasteiger partial charge is 0.409 e. The predicted molar refractivity (Wildman–Crippen MR) is 63.3 cm³/mol. The van der Waals surface area contributed by atoms with Crippen LogP contribution in [-0.4, -0.2) is 41.4 Å². The lowest BCUT2D eigenvalue weighted by atomic mass is 9.81. The summed E-state index contributed by atoms with van der Waals surface area (Å²) in [6, 6.07) is 0.0333. The zero-order valence-corrected chi connectivity index (χ0v) is 10.2. The second kappa shape index (κ2) is 4.58.